The van der Waals surface area contributed by atoms with Crippen LogP contribution in [0, 0.1) is 0 Å². The van der Waals surface area contributed by atoms with E-state index in [0.29, 0.717) is 11.8 Å². The molecule has 0 spiro atoms. The molecule has 0 N–H and O–H groups in total. The van der Waals surface area contributed by atoms with Crippen molar-refractivity contribution < 1.29 is 4.79 Å². The highest BCUT2D eigenvalue weighted by Gasteiger charge is 2.36. The molecule has 2 heteroatoms. The molecule has 1 saturated heterocycles. The molecule has 0 radical (unpaired) electrons. The topological polar surface area (TPSA) is 20.3 Å². The number of ketones is 1. The Morgan fingerprint density at radius 3 is 2.67 bits per heavy atom. The molecular weight excluding hydrogens is 222 g/mol. The van der Waals surface area contributed by atoms with Gasteiger partial charge in [0.2, 0.25) is 0 Å². The number of hydrogen-bond acceptors (Lipinski definition) is 2. The minimum absolute atomic E-state index is 0.173. The summed E-state index contributed by atoms with van der Waals surface area (Å²) in [4.78, 5) is 14.4. The minimum atomic E-state index is 0.173. The first-order chi connectivity index (χ1) is 8.74. The number of Topliss-reactive ketones (excluding diaryl/α,β-unsaturated/α-hetero) is 1. The number of unbranched alkanes of at least 4 members (excludes halogenated alkanes) is 1. The van der Waals surface area contributed by atoms with Crippen molar-refractivity contribution in [1.82, 2.24) is 4.90 Å². The Hall–Kier alpha value is -1.15. The van der Waals surface area contributed by atoms with Gasteiger partial charge in [-0.3, -0.25) is 9.69 Å². The summed E-state index contributed by atoms with van der Waals surface area (Å²) in [5.41, 5.74) is 1.31. The monoisotopic (exact) mass is 245 g/mol. The summed E-state index contributed by atoms with van der Waals surface area (Å²) in [6.45, 7) is 5.39. The van der Waals surface area contributed by atoms with Crippen molar-refractivity contribution >= 4 is 5.78 Å². The third kappa shape index (κ3) is 2.81. The molecule has 1 aliphatic heterocycles. The van der Waals surface area contributed by atoms with Gasteiger partial charge in [0, 0.05) is 19.0 Å². The number of rotatable bonds is 6. The lowest BCUT2D eigenvalue weighted by Gasteiger charge is -2.44. The Balaban J connectivity index is 1.95. The van der Waals surface area contributed by atoms with Crippen LogP contribution in [0.1, 0.15) is 51.1 Å². The fourth-order valence-electron chi connectivity index (χ4n) is 2.66. The summed E-state index contributed by atoms with van der Waals surface area (Å²) in [5, 5.41) is 0. The van der Waals surface area contributed by atoms with Crippen LogP contribution in [-0.4, -0.2) is 23.3 Å². The van der Waals surface area contributed by atoms with Crippen LogP contribution in [0.3, 0.4) is 0 Å². The van der Waals surface area contributed by atoms with Crippen LogP contribution >= 0.6 is 0 Å². The molecule has 1 fully saturated rings. The van der Waals surface area contributed by atoms with Gasteiger partial charge in [0.15, 0.2) is 0 Å². The molecule has 2 rings (SSSR count). The van der Waals surface area contributed by atoms with Crippen LogP contribution in [0.2, 0.25) is 0 Å². The Bertz CT molecular complexity index is 387. The van der Waals surface area contributed by atoms with E-state index in [1.165, 1.54) is 5.56 Å². The molecule has 2 nitrogen and oxygen atoms in total. The van der Waals surface area contributed by atoms with Gasteiger partial charge >= 0.3 is 0 Å². The number of carbonyl (C=O) groups excluding carboxylic acids is 1. The van der Waals surface area contributed by atoms with Gasteiger partial charge in [-0.15, -0.1) is 0 Å². The quantitative estimate of drug-likeness (QED) is 0.763. The van der Waals surface area contributed by atoms with Gasteiger partial charge in [0.1, 0.15) is 5.78 Å². The smallest absolute Gasteiger partial charge is 0.150 e. The van der Waals surface area contributed by atoms with E-state index >= 15 is 0 Å². The van der Waals surface area contributed by atoms with Crippen molar-refractivity contribution in [2.75, 3.05) is 6.54 Å². The third-order valence-electron chi connectivity index (χ3n) is 3.99. The Morgan fingerprint density at radius 1 is 1.39 bits per heavy atom. The Labute approximate surface area is 110 Å². The lowest BCUT2D eigenvalue weighted by atomic mass is 9.91. The molecule has 1 aromatic rings. The predicted octanol–water partition coefficient (Wildman–Crippen LogP) is 3.58. The van der Waals surface area contributed by atoms with Crippen molar-refractivity contribution in [3.05, 3.63) is 35.9 Å². The molecule has 18 heavy (non-hydrogen) atoms. The van der Waals surface area contributed by atoms with Gasteiger partial charge < -0.3 is 0 Å². The minimum Gasteiger partial charge on any atom is -0.298 e. The highest BCUT2D eigenvalue weighted by molar-refractivity contribution is 5.84. The molecule has 0 amide bonds. The summed E-state index contributed by atoms with van der Waals surface area (Å²) in [6, 6.07) is 11.0. The first kappa shape index (κ1) is 13.3. The zero-order valence-corrected chi connectivity index (χ0v) is 11.4. The third-order valence-corrected chi connectivity index (χ3v) is 3.99. The van der Waals surface area contributed by atoms with Crippen LogP contribution in [0.25, 0.3) is 0 Å². The predicted molar refractivity (Wildman–Crippen MR) is 74.5 cm³/mol. The van der Waals surface area contributed by atoms with Crippen molar-refractivity contribution in [3.63, 3.8) is 0 Å². The van der Waals surface area contributed by atoms with Crippen molar-refractivity contribution in [2.24, 2.45) is 0 Å². The van der Waals surface area contributed by atoms with E-state index in [4.69, 9.17) is 0 Å². The zero-order valence-electron chi connectivity index (χ0n) is 11.4. The number of nitrogens with zero attached hydrogens (tertiary/aromatic N) is 1. The average molecular weight is 245 g/mol. The van der Waals surface area contributed by atoms with Gasteiger partial charge in [0.05, 0.1) is 6.04 Å². The zero-order chi connectivity index (χ0) is 13.0. The van der Waals surface area contributed by atoms with Crippen LogP contribution in [-0.2, 0) is 4.79 Å². The van der Waals surface area contributed by atoms with Crippen molar-refractivity contribution in [3.8, 4) is 0 Å². The maximum atomic E-state index is 12.1. The Morgan fingerprint density at radius 2 is 2.11 bits per heavy atom. The van der Waals surface area contributed by atoms with Crippen molar-refractivity contribution in [1.29, 1.82) is 0 Å². The fraction of sp³-hybridized carbons (Fsp3) is 0.562. The van der Waals surface area contributed by atoms with Gasteiger partial charge in [0.25, 0.3) is 0 Å². The van der Waals surface area contributed by atoms with E-state index in [1.54, 1.807) is 0 Å². The van der Waals surface area contributed by atoms with Crippen LogP contribution in [0.5, 0.6) is 0 Å². The van der Waals surface area contributed by atoms with E-state index in [0.717, 1.165) is 32.2 Å². The van der Waals surface area contributed by atoms with E-state index < -0.39 is 0 Å². The number of hydrogen-bond donors (Lipinski definition) is 0. The second kappa shape index (κ2) is 6.14. The second-order valence-corrected chi connectivity index (χ2v) is 5.20. The lowest BCUT2D eigenvalue weighted by molar-refractivity contribution is -0.130. The maximum absolute atomic E-state index is 12.1. The Kier molecular flexibility index (Phi) is 4.54. The molecule has 0 aliphatic carbocycles. The summed E-state index contributed by atoms with van der Waals surface area (Å²) in [5.74, 6) is 0.436. The second-order valence-electron chi connectivity index (χ2n) is 5.20. The number of carbonyl (C=O) groups is 1. The molecule has 0 aromatic heterocycles. The summed E-state index contributed by atoms with van der Waals surface area (Å²) in [6.07, 6.45) is 3.93. The van der Waals surface area contributed by atoms with Crippen LogP contribution in [0.15, 0.2) is 30.3 Å². The molecule has 0 saturated carbocycles. The van der Waals surface area contributed by atoms with E-state index in [-0.39, 0.29) is 6.04 Å². The molecule has 98 valence electrons. The SMILES string of the molecule is CCCCC(=O)[C@H]1CCN1[C@@H](C)c1ccccc1. The van der Waals surface area contributed by atoms with Gasteiger partial charge in [-0.1, -0.05) is 43.7 Å². The first-order valence-electron chi connectivity index (χ1n) is 7.07. The standard InChI is InChI=1S/C16H23NO/c1-3-4-10-16(18)15-11-12-17(15)13(2)14-8-6-5-7-9-14/h5-9,13,15H,3-4,10-12H2,1-2H3/t13-,15+/m0/s1. The molecule has 2 atom stereocenters. The molecular formula is C16H23NO. The number of benzene rings is 1. The maximum Gasteiger partial charge on any atom is 0.150 e. The van der Waals surface area contributed by atoms with E-state index in [1.807, 2.05) is 6.07 Å². The van der Waals surface area contributed by atoms with Gasteiger partial charge in [-0.2, -0.15) is 0 Å². The van der Waals surface area contributed by atoms with Crippen LogP contribution < -0.4 is 0 Å². The van der Waals surface area contributed by atoms with Gasteiger partial charge in [-0.05, 0) is 25.3 Å². The first-order valence-corrected chi connectivity index (χ1v) is 7.07. The summed E-state index contributed by atoms with van der Waals surface area (Å²) in [7, 11) is 0. The van der Waals surface area contributed by atoms with Crippen LogP contribution in [0.4, 0.5) is 0 Å². The highest BCUT2D eigenvalue weighted by atomic mass is 16.1. The van der Waals surface area contributed by atoms with E-state index in [2.05, 4.69) is 43.0 Å². The largest absolute Gasteiger partial charge is 0.298 e. The molecule has 1 aromatic carbocycles. The normalized spacial score (nSPS) is 21.3. The molecule has 1 aliphatic rings. The number of likely N-dealkylation sites (tertiary alicyclic amines) is 1. The summed E-state index contributed by atoms with van der Waals surface area (Å²) < 4.78 is 0. The highest BCUT2D eigenvalue weighted by Crippen LogP contribution is 2.31. The lowest BCUT2D eigenvalue weighted by Crippen LogP contribution is -2.53. The molecule has 1 heterocycles. The van der Waals surface area contributed by atoms with Crippen molar-refractivity contribution in [2.45, 2.75) is 51.6 Å². The molecule has 0 bridgehead atoms. The summed E-state index contributed by atoms with van der Waals surface area (Å²) >= 11 is 0. The van der Waals surface area contributed by atoms with E-state index in [9.17, 15) is 4.79 Å². The molecule has 0 unspecified atom stereocenters. The fourth-order valence-corrected chi connectivity index (χ4v) is 2.66. The average Bonchev–Trinajstić information content (AvgIpc) is 2.36. The van der Waals surface area contributed by atoms with Gasteiger partial charge in [-0.25, -0.2) is 0 Å².